The highest BCUT2D eigenvalue weighted by Gasteiger charge is 2.15. The first kappa shape index (κ1) is 22.4. The molecular formula is C34H21N5O. The van der Waals surface area contributed by atoms with Gasteiger partial charge in [0.15, 0.2) is 23.1 Å². The van der Waals surface area contributed by atoms with Crippen molar-refractivity contribution in [1.29, 1.82) is 0 Å². The fourth-order valence-electron chi connectivity index (χ4n) is 5.11. The zero-order chi connectivity index (χ0) is 26.5. The number of imidazole rings is 1. The normalized spacial score (nSPS) is 11.5. The molecule has 0 amide bonds. The highest BCUT2D eigenvalue weighted by Crippen LogP contribution is 2.31. The van der Waals surface area contributed by atoms with E-state index in [1.807, 2.05) is 84.9 Å². The lowest BCUT2D eigenvalue weighted by atomic mass is 10.0. The smallest absolute Gasteiger partial charge is 0.307 e. The molecule has 0 bridgehead atoms. The van der Waals surface area contributed by atoms with Crippen molar-refractivity contribution in [3.63, 3.8) is 0 Å². The summed E-state index contributed by atoms with van der Waals surface area (Å²) in [5, 5.41) is 0. The Labute approximate surface area is 229 Å². The van der Waals surface area contributed by atoms with Crippen LogP contribution in [0.1, 0.15) is 0 Å². The third-order valence-electron chi connectivity index (χ3n) is 7.11. The number of para-hydroxylation sites is 2. The second kappa shape index (κ2) is 8.99. The maximum absolute atomic E-state index is 5.96. The van der Waals surface area contributed by atoms with Crippen molar-refractivity contribution < 1.29 is 4.42 Å². The van der Waals surface area contributed by atoms with E-state index in [2.05, 4.69) is 51.8 Å². The van der Waals surface area contributed by atoms with Gasteiger partial charge in [0.25, 0.3) is 0 Å². The quantitative estimate of drug-likeness (QED) is 0.237. The first-order chi connectivity index (χ1) is 19.8. The predicted molar refractivity (Wildman–Crippen MR) is 158 cm³/mol. The minimum atomic E-state index is 0.599. The Bertz CT molecular complexity index is 2090. The van der Waals surface area contributed by atoms with E-state index in [4.69, 9.17) is 19.4 Å². The number of benzene rings is 5. The molecule has 8 rings (SSSR count). The Morgan fingerprint density at radius 1 is 0.425 bits per heavy atom. The van der Waals surface area contributed by atoms with Gasteiger partial charge >= 0.3 is 5.84 Å². The van der Waals surface area contributed by atoms with E-state index in [1.165, 1.54) is 0 Å². The van der Waals surface area contributed by atoms with Crippen LogP contribution < -0.4 is 0 Å². The van der Waals surface area contributed by atoms with Crippen LogP contribution >= 0.6 is 0 Å². The van der Waals surface area contributed by atoms with Gasteiger partial charge in [0.05, 0.1) is 16.6 Å². The summed E-state index contributed by atoms with van der Waals surface area (Å²) < 4.78 is 8.04. The minimum absolute atomic E-state index is 0.599. The summed E-state index contributed by atoms with van der Waals surface area (Å²) >= 11 is 0. The lowest BCUT2D eigenvalue weighted by Gasteiger charge is -2.09. The predicted octanol–water partition coefficient (Wildman–Crippen LogP) is 8.09. The highest BCUT2D eigenvalue weighted by molar-refractivity contribution is 5.90. The van der Waals surface area contributed by atoms with Crippen LogP contribution in [-0.2, 0) is 0 Å². The molecule has 3 aromatic heterocycles. The summed E-state index contributed by atoms with van der Waals surface area (Å²) in [5.74, 6) is 2.53. The van der Waals surface area contributed by atoms with Crippen LogP contribution in [0.2, 0.25) is 0 Å². The van der Waals surface area contributed by atoms with Crippen LogP contribution in [0.4, 0.5) is 0 Å². The Morgan fingerprint density at radius 3 is 1.60 bits per heavy atom. The fourth-order valence-corrected chi connectivity index (χ4v) is 5.11. The van der Waals surface area contributed by atoms with Gasteiger partial charge in [-0.2, -0.15) is 4.98 Å². The SMILES string of the molecule is c1ccc(-c2nc(-c3ccccc3)nc(-c3ccc(-c4ccc5nc6oc7ccccc7n6c5c4)cc3)n2)cc1. The molecule has 0 fully saturated rings. The number of nitrogens with zero attached hydrogens (tertiary/aromatic N) is 5. The Kier molecular flexibility index (Phi) is 5.03. The van der Waals surface area contributed by atoms with E-state index in [0.717, 1.165) is 50.0 Å². The van der Waals surface area contributed by atoms with Gasteiger partial charge in [-0.05, 0) is 35.4 Å². The lowest BCUT2D eigenvalue weighted by molar-refractivity contribution is 0.643. The van der Waals surface area contributed by atoms with Crippen LogP contribution in [0.15, 0.2) is 132 Å². The monoisotopic (exact) mass is 515 g/mol. The summed E-state index contributed by atoms with van der Waals surface area (Å²) in [6.45, 7) is 0. The molecule has 0 radical (unpaired) electrons. The molecule has 8 aromatic rings. The summed E-state index contributed by atoms with van der Waals surface area (Å²) in [4.78, 5) is 19.2. The number of oxazole rings is 1. The molecule has 40 heavy (non-hydrogen) atoms. The molecule has 6 nitrogen and oxygen atoms in total. The molecule has 5 aromatic carbocycles. The van der Waals surface area contributed by atoms with Gasteiger partial charge in [0.2, 0.25) is 0 Å². The van der Waals surface area contributed by atoms with Gasteiger partial charge in [-0.15, -0.1) is 0 Å². The Hall–Kier alpha value is -5.62. The van der Waals surface area contributed by atoms with Crippen molar-refractivity contribution in [3.8, 4) is 45.3 Å². The second-order valence-electron chi connectivity index (χ2n) is 9.62. The van der Waals surface area contributed by atoms with Gasteiger partial charge in [0, 0.05) is 16.7 Å². The first-order valence-corrected chi connectivity index (χ1v) is 13.1. The van der Waals surface area contributed by atoms with Gasteiger partial charge < -0.3 is 4.42 Å². The van der Waals surface area contributed by atoms with E-state index in [1.54, 1.807) is 0 Å². The summed E-state index contributed by atoms with van der Waals surface area (Å²) in [7, 11) is 0. The number of fused-ring (bicyclic) bond motifs is 5. The highest BCUT2D eigenvalue weighted by atomic mass is 16.4. The van der Waals surface area contributed by atoms with Gasteiger partial charge in [-0.25, -0.2) is 15.0 Å². The van der Waals surface area contributed by atoms with Crippen LogP contribution in [0.25, 0.3) is 73.3 Å². The maximum atomic E-state index is 5.96. The lowest BCUT2D eigenvalue weighted by Crippen LogP contribution is -2.00. The summed E-state index contributed by atoms with van der Waals surface area (Å²) in [6, 6.07) is 42.7. The van der Waals surface area contributed by atoms with Crippen LogP contribution in [-0.4, -0.2) is 24.3 Å². The van der Waals surface area contributed by atoms with E-state index < -0.39 is 0 Å². The molecule has 0 atom stereocenters. The van der Waals surface area contributed by atoms with E-state index in [-0.39, 0.29) is 0 Å². The fraction of sp³-hybridized carbons (Fsp3) is 0. The molecule has 0 aliphatic rings. The molecule has 0 unspecified atom stereocenters. The van der Waals surface area contributed by atoms with Crippen LogP contribution in [0.3, 0.4) is 0 Å². The first-order valence-electron chi connectivity index (χ1n) is 13.1. The molecule has 0 N–H and O–H groups in total. The number of hydrogen-bond acceptors (Lipinski definition) is 5. The molecule has 0 saturated heterocycles. The third-order valence-corrected chi connectivity index (χ3v) is 7.11. The molecule has 0 saturated carbocycles. The zero-order valence-corrected chi connectivity index (χ0v) is 21.3. The van der Waals surface area contributed by atoms with Crippen LogP contribution in [0.5, 0.6) is 0 Å². The van der Waals surface area contributed by atoms with Crippen molar-refractivity contribution in [3.05, 3.63) is 127 Å². The van der Waals surface area contributed by atoms with Crippen molar-refractivity contribution in [2.24, 2.45) is 0 Å². The average molecular weight is 516 g/mol. The number of rotatable bonds is 4. The van der Waals surface area contributed by atoms with Gasteiger partial charge in [-0.1, -0.05) is 103 Å². The number of hydrogen-bond donors (Lipinski definition) is 0. The van der Waals surface area contributed by atoms with Gasteiger partial charge in [0.1, 0.15) is 0 Å². The zero-order valence-electron chi connectivity index (χ0n) is 21.3. The maximum Gasteiger partial charge on any atom is 0.307 e. The topological polar surface area (TPSA) is 69.1 Å². The van der Waals surface area contributed by atoms with Gasteiger partial charge in [-0.3, -0.25) is 4.40 Å². The molecule has 188 valence electrons. The molecule has 0 spiro atoms. The van der Waals surface area contributed by atoms with Crippen molar-refractivity contribution in [2.45, 2.75) is 0 Å². The minimum Gasteiger partial charge on any atom is -0.423 e. The van der Waals surface area contributed by atoms with E-state index >= 15 is 0 Å². The second-order valence-corrected chi connectivity index (χ2v) is 9.62. The Balaban J connectivity index is 1.21. The van der Waals surface area contributed by atoms with E-state index in [0.29, 0.717) is 23.3 Å². The summed E-state index contributed by atoms with van der Waals surface area (Å²) in [6.07, 6.45) is 0. The molecule has 6 heteroatoms. The van der Waals surface area contributed by atoms with Crippen molar-refractivity contribution in [1.82, 2.24) is 24.3 Å². The van der Waals surface area contributed by atoms with Crippen LogP contribution in [0, 0.1) is 0 Å². The molecule has 3 heterocycles. The molecular weight excluding hydrogens is 494 g/mol. The van der Waals surface area contributed by atoms with Crippen molar-refractivity contribution >= 4 is 28.0 Å². The van der Waals surface area contributed by atoms with Crippen molar-refractivity contribution in [2.75, 3.05) is 0 Å². The average Bonchev–Trinajstić information content (AvgIpc) is 3.57. The molecule has 0 aliphatic carbocycles. The standard InChI is InChI=1S/C34H21N5O/c1-3-9-23(10-4-1)31-36-32(24-11-5-2-6-12-24)38-33(37-31)25-17-15-22(16-18-25)26-19-20-27-29(21-26)39-28-13-7-8-14-30(28)40-34(39)35-27/h1-21H. The largest absolute Gasteiger partial charge is 0.423 e. The summed E-state index contributed by atoms with van der Waals surface area (Å²) in [5.41, 5.74) is 8.75. The number of aromatic nitrogens is 5. The Morgan fingerprint density at radius 2 is 0.950 bits per heavy atom. The van der Waals surface area contributed by atoms with E-state index in [9.17, 15) is 0 Å². The third kappa shape index (κ3) is 3.74. The molecule has 0 aliphatic heterocycles.